The van der Waals surface area contributed by atoms with E-state index in [0.29, 0.717) is 19.3 Å². The van der Waals surface area contributed by atoms with Gasteiger partial charge in [-0.25, -0.2) is 19.2 Å². The van der Waals surface area contributed by atoms with Gasteiger partial charge >= 0.3 is 23.9 Å². The molecule has 0 radical (unpaired) electrons. The molecule has 0 amide bonds. The van der Waals surface area contributed by atoms with E-state index in [1.165, 1.54) is 24.3 Å². The number of carboxylic acids is 4. The van der Waals surface area contributed by atoms with E-state index in [0.717, 1.165) is 12.1 Å². The summed E-state index contributed by atoms with van der Waals surface area (Å²) in [5.74, 6) is -4.96. The van der Waals surface area contributed by atoms with Gasteiger partial charge in [-0.2, -0.15) is 0 Å². The van der Waals surface area contributed by atoms with Crippen LogP contribution in [0.5, 0.6) is 11.5 Å². The Labute approximate surface area is 176 Å². The minimum atomic E-state index is -1.24. The summed E-state index contributed by atoms with van der Waals surface area (Å²) in [7, 11) is 0. The third-order valence-electron chi connectivity index (χ3n) is 4.22. The number of carbonyl (C=O) groups is 4. The van der Waals surface area contributed by atoms with E-state index in [1.54, 1.807) is 0 Å². The van der Waals surface area contributed by atoms with Crippen LogP contribution in [0.25, 0.3) is 0 Å². The zero-order valence-corrected chi connectivity index (χ0v) is 16.2. The summed E-state index contributed by atoms with van der Waals surface area (Å²) in [5.41, 5.74) is -0.474. The zero-order valence-electron chi connectivity index (χ0n) is 16.2. The van der Waals surface area contributed by atoms with Crippen molar-refractivity contribution in [1.82, 2.24) is 0 Å². The van der Waals surface area contributed by atoms with Gasteiger partial charge < -0.3 is 29.9 Å². The molecule has 4 N–H and O–H groups in total. The molecule has 0 heterocycles. The highest BCUT2D eigenvalue weighted by molar-refractivity contribution is 5.95. The molecule has 31 heavy (non-hydrogen) atoms. The van der Waals surface area contributed by atoms with Crippen LogP contribution in [-0.2, 0) is 0 Å². The maximum absolute atomic E-state index is 11.2. The third-order valence-corrected chi connectivity index (χ3v) is 4.22. The van der Waals surface area contributed by atoms with Crippen LogP contribution in [-0.4, -0.2) is 57.5 Å². The van der Waals surface area contributed by atoms with E-state index in [-0.39, 0.29) is 47.0 Å². The molecule has 0 aromatic heterocycles. The lowest BCUT2D eigenvalue weighted by Gasteiger charge is -2.11. The Kier molecular flexibility index (Phi) is 7.95. The van der Waals surface area contributed by atoms with Crippen LogP contribution in [0.4, 0.5) is 0 Å². The van der Waals surface area contributed by atoms with E-state index in [2.05, 4.69) is 0 Å². The molecule has 0 aliphatic rings. The normalized spacial score (nSPS) is 10.3. The fourth-order valence-corrected chi connectivity index (χ4v) is 2.65. The molecule has 0 aliphatic heterocycles. The summed E-state index contributed by atoms with van der Waals surface area (Å²) < 4.78 is 10.8. The van der Waals surface area contributed by atoms with E-state index in [1.807, 2.05) is 0 Å². The highest BCUT2D eigenvalue weighted by Gasteiger charge is 2.16. The zero-order chi connectivity index (χ0) is 23.0. The first-order valence-electron chi connectivity index (χ1n) is 9.17. The van der Waals surface area contributed by atoms with Crippen molar-refractivity contribution in [2.75, 3.05) is 13.2 Å². The van der Waals surface area contributed by atoms with E-state index in [9.17, 15) is 19.2 Å². The van der Waals surface area contributed by atoms with Crippen molar-refractivity contribution in [2.45, 2.75) is 19.3 Å². The molecule has 10 nitrogen and oxygen atoms in total. The van der Waals surface area contributed by atoms with Crippen molar-refractivity contribution in [3.05, 3.63) is 58.7 Å². The van der Waals surface area contributed by atoms with Gasteiger partial charge in [0.25, 0.3) is 0 Å². The van der Waals surface area contributed by atoms with Crippen molar-refractivity contribution in [2.24, 2.45) is 0 Å². The third kappa shape index (κ3) is 6.46. The maximum atomic E-state index is 11.2. The Balaban J connectivity index is 1.85. The lowest BCUT2D eigenvalue weighted by molar-refractivity contribution is 0.0676. The van der Waals surface area contributed by atoms with Crippen molar-refractivity contribution in [3.8, 4) is 11.5 Å². The van der Waals surface area contributed by atoms with E-state index < -0.39 is 23.9 Å². The summed E-state index contributed by atoms with van der Waals surface area (Å²) >= 11 is 0. The van der Waals surface area contributed by atoms with Crippen molar-refractivity contribution in [1.29, 1.82) is 0 Å². The number of ether oxygens (including phenoxy) is 2. The maximum Gasteiger partial charge on any atom is 0.339 e. The van der Waals surface area contributed by atoms with Crippen LogP contribution >= 0.6 is 0 Å². The van der Waals surface area contributed by atoms with Gasteiger partial charge in [0, 0.05) is 0 Å². The average molecular weight is 432 g/mol. The number of rotatable bonds is 12. The first-order chi connectivity index (χ1) is 14.7. The summed E-state index contributed by atoms with van der Waals surface area (Å²) in [6.07, 6.45) is 1.59. The standard InChI is InChI=1S/C21H20O10/c22-18(23)12-4-6-14(20(26)27)16(10-12)30-8-2-1-3-9-31-17-11-13(19(24)25)5-7-15(17)21(28)29/h4-7,10-11H,1-3,8-9H2,(H,22,23)(H,24,25)(H,26,27)(H,28,29). The fourth-order valence-electron chi connectivity index (χ4n) is 2.65. The van der Waals surface area contributed by atoms with Gasteiger partial charge in [-0.1, -0.05) is 0 Å². The van der Waals surface area contributed by atoms with Gasteiger partial charge in [0.1, 0.15) is 22.6 Å². The molecular weight excluding hydrogens is 412 g/mol. The van der Waals surface area contributed by atoms with Crippen molar-refractivity contribution >= 4 is 23.9 Å². The number of unbranched alkanes of at least 4 members (excludes halogenated alkanes) is 2. The molecule has 0 atom stereocenters. The summed E-state index contributed by atoms with van der Waals surface area (Å²) in [6.45, 7) is 0.274. The molecule has 0 fully saturated rings. The molecule has 10 heteroatoms. The monoisotopic (exact) mass is 432 g/mol. The van der Waals surface area contributed by atoms with Crippen LogP contribution in [0.2, 0.25) is 0 Å². The molecule has 2 aromatic carbocycles. The summed E-state index contributed by atoms with van der Waals surface area (Å²) in [4.78, 5) is 44.5. The highest BCUT2D eigenvalue weighted by atomic mass is 16.5. The first-order valence-corrected chi connectivity index (χ1v) is 9.17. The Morgan fingerprint density at radius 3 is 1.29 bits per heavy atom. The minimum Gasteiger partial charge on any atom is -0.493 e. The van der Waals surface area contributed by atoms with Crippen LogP contribution in [0, 0.1) is 0 Å². The fraction of sp³-hybridized carbons (Fsp3) is 0.238. The predicted octanol–water partition coefficient (Wildman–Crippen LogP) is 3.11. The van der Waals surface area contributed by atoms with Crippen LogP contribution < -0.4 is 9.47 Å². The number of hydrogen-bond donors (Lipinski definition) is 4. The Bertz CT molecular complexity index is 916. The second-order valence-corrected chi connectivity index (χ2v) is 6.40. The molecule has 0 aliphatic carbocycles. The van der Waals surface area contributed by atoms with Crippen LogP contribution in [0.15, 0.2) is 36.4 Å². The van der Waals surface area contributed by atoms with Crippen LogP contribution in [0.1, 0.15) is 60.7 Å². The van der Waals surface area contributed by atoms with Crippen LogP contribution in [0.3, 0.4) is 0 Å². The summed E-state index contributed by atoms with van der Waals surface area (Å²) in [6, 6.07) is 7.00. The molecule has 164 valence electrons. The molecule has 0 unspecified atom stereocenters. The lowest BCUT2D eigenvalue weighted by Crippen LogP contribution is -2.08. The minimum absolute atomic E-state index is 0.0414. The molecule has 0 bridgehead atoms. The molecule has 0 spiro atoms. The number of benzene rings is 2. The molecule has 0 saturated heterocycles. The lowest BCUT2D eigenvalue weighted by atomic mass is 10.1. The number of hydrogen-bond acceptors (Lipinski definition) is 6. The first kappa shape index (κ1) is 23.2. The summed E-state index contributed by atoms with van der Waals surface area (Å²) in [5, 5.41) is 36.4. The molecule has 2 rings (SSSR count). The number of carboxylic acid groups (broad SMARTS) is 4. The average Bonchev–Trinajstić information content (AvgIpc) is 2.72. The van der Waals surface area contributed by atoms with Gasteiger partial charge in [-0.3, -0.25) is 0 Å². The molecule has 2 aromatic rings. The van der Waals surface area contributed by atoms with E-state index in [4.69, 9.17) is 29.9 Å². The SMILES string of the molecule is O=C(O)c1ccc(C(=O)O)c(OCCCCCOc2cc(C(=O)O)ccc2C(=O)O)c1. The molecular formula is C21H20O10. The highest BCUT2D eigenvalue weighted by Crippen LogP contribution is 2.23. The van der Waals surface area contributed by atoms with Gasteiger partial charge in [0.2, 0.25) is 0 Å². The Morgan fingerprint density at radius 1 is 0.581 bits per heavy atom. The second kappa shape index (κ2) is 10.6. The van der Waals surface area contributed by atoms with Gasteiger partial charge in [0.05, 0.1) is 24.3 Å². The Morgan fingerprint density at radius 2 is 0.968 bits per heavy atom. The number of aromatic carboxylic acids is 4. The predicted molar refractivity (Wildman–Crippen MR) is 106 cm³/mol. The topological polar surface area (TPSA) is 168 Å². The van der Waals surface area contributed by atoms with Gasteiger partial charge in [0.15, 0.2) is 0 Å². The Hall–Kier alpha value is -4.08. The van der Waals surface area contributed by atoms with Gasteiger partial charge in [-0.15, -0.1) is 0 Å². The second-order valence-electron chi connectivity index (χ2n) is 6.40. The van der Waals surface area contributed by atoms with Crippen molar-refractivity contribution < 1.29 is 49.1 Å². The van der Waals surface area contributed by atoms with Crippen molar-refractivity contribution in [3.63, 3.8) is 0 Å². The largest absolute Gasteiger partial charge is 0.493 e. The molecule has 0 saturated carbocycles. The smallest absolute Gasteiger partial charge is 0.339 e. The quantitative estimate of drug-likeness (QED) is 0.366. The van der Waals surface area contributed by atoms with Gasteiger partial charge in [-0.05, 0) is 55.7 Å². The van der Waals surface area contributed by atoms with E-state index >= 15 is 0 Å².